The van der Waals surface area contributed by atoms with Gasteiger partial charge in [-0.2, -0.15) is 5.26 Å². The van der Waals surface area contributed by atoms with Gasteiger partial charge in [-0.15, -0.1) is 0 Å². The maximum absolute atomic E-state index is 11.8. The molecule has 0 aliphatic rings. The SMILES string of the molecule is CCCC(CN)CC(=O)Nc1ccccc1C#N. The monoisotopic (exact) mass is 245 g/mol. The minimum absolute atomic E-state index is 0.0819. The van der Waals surface area contributed by atoms with E-state index in [1.807, 2.05) is 0 Å². The number of benzene rings is 1. The number of carbonyl (C=O) groups excluding carboxylic acids is 1. The summed E-state index contributed by atoms with van der Waals surface area (Å²) in [5.41, 5.74) is 6.67. The van der Waals surface area contributed by atoms with Crippen molar-refractivity contribution in [2.24, 2.45) is 11.7 Å². The van der Waals surface area contributed by atoms with Crippen LogP contribution in [0.1, 0.15) is 31.7 Å². The normalized spacial score (nSPS) is 11.6. The van der Waals surface area contributed by atoms with E-state index in [2.05, 4.69) is 18.3 Å². The van der Waals surface area contributed by atoms with E-state index in [4.69, 9.17) is 11.0 Å². The third-order valence-corrected chi connectivity index (χ3v) is 2.83. The first-order valence-electron chi connectivity index (χ1n) is 6.20. The Kier molecular flexibility index (Phi) is 5.89. The zero-order chi connectivity index (χ0) is 13.4. The molecule has 3 N–H and O–H groups in total. The van der Waals surface area contributed by atoms with Gasteiger partial charge in [-0.05, 0) is 31.0 Å². The molecule has 0 fully saturated rings. The molecule has 1 rings (SSSR count). The summed E-state index contributed by atoms with van der Waals surface area (Å²) in [6.07, 6.45) is 2.37. The molecule has 0 aliphatic heterocycles. The molecule has 1 unspecified atom stereocenters. The summed E-state index contributed by atoms with van der Waals surface area (Å²) in [5, 5.41) is 11.7. The predicted octanol–water partition coefficient (Wildman–Crippen LogP) is 2.26. The van der Waals surface area contributed by atoms with Gasteiger partial charge < -0.3 is 11.1 Å². The van der Waals surface area contributed by atoms with Gasteiger partial charge in [0.25, 0.3) is 0 Å². The Labute approximate surface area is 108 Å². The molecule has 1 aromatic carbocycles. The van der Waals surface area contributed by atoms with Gasteiger partial charge in [0.1, 0.15) is 6.07 Å². The van der Waals surface area contributed by atoms with Crippen LogP contribution < -0.4 is 11.1 Å². The Morgan fingerprint density at radius 2 is 2.22 bits per heavy atom. The maximum atomic E-state index is 11.8. The Balaban J connectivity index is 2.62. The van der Waals surface area contributed by atoms with Gasteiger partial charge in [-0.3, -0.25) is 4.79 Å². The Morgan fingerprint density at radius 1 is 1.50 bits per heavy atom. The molecule has 0 bridgehead atoms. The number of para-hydroxylation sites is 1. The number of amides is 1. The molecule has 0 aliphatic carbocycles. The molecule has 4 nitrogen and oxygen atoms in total. The molecule has 0 heterocycles. The highest BCUT2D eigenvalue weighted by Gasteiger charge is 2.12. The fraction of sp³-hybridized carbons (Fsp3) is 0.429. The van der Waals surface area contributed by atoms with Gasteiger partial charge in [0.05, 0.1) is 11.3 Å². The average Bonchev–Trinajstić information content (AvgIpc) is 2.38. The van der Waals surface area contributed by atoms with Crippen molar-refractivity contribution in [2.45, 2.75) is 26.2 Å². The van der Waals surface area contributed by atoms with E-state index in [0.717, 1.165) is 12.8 Å². The number of rotatable bonds is 6. The third-order valence-electron chi connectivity index (χ3n) is 2.83. The van der Waals surface area contributed by atoms with Gasteiger partial charge in [-0.1, -0.05) is 25.5 Å². The van der Waals surface area contributed by atoms with Crippen LogP contribution in [-0.2, 0) is 4.79 Å². The molecule has 1 amide bonds. The summed E-state index contributed by atoms with van der Waals surface area (Å²) in [5.74, 6) is 0.130. The lowest BCUT2D eigenvalue weighted by Crippen LogP contribution is -2.22. The summed E-state index contributed by atoms with van der Waals surface area (Å²) in [4.78, 5) is 11.8. The lowest BCUT2D eigenvalue weighted by atomic mass is 9.99. The fourth-order valence-electron chi connectivity index (χ4n) is 1.86. The molecule has 1 aromatic rings. The van der Waals surface area contributed by atoms with E-state index in [1.54, 1.807) is 24.3 Å². The number of hydrogen-bond donors (Lipinski definition) is 2. The molecule has 0 aromatic heterocycles. The molecule has 4 heteroatoms. The molecule has 18 heavy (non-hydrogen) atoms. The second kappa shape index (κ2) is 7.46. The average molecular weight is 245 g/mol. The first-order valence-corrected chi connectivity index (χ1v) is 6.20. The molecule has 1 atom stereocenters. The zero-order valence-corrected chi connectivity index (χ0v) is 10.6. The smallest absolute Gasteiger partial charge is 0.224 e. The van der Waals surface area contributed by atoms with Crippen molar-refractivity contribution in [3.63, 3.8) is 0 Å². The van der Waals surface area contributed by atoms with Crippen molar-refractivity contribution in [1.29, 1.82) is 5.26 Å². The van der Waals surface area contributed by atoms with E-state index in [-0.39, 0.29) is 11.8 Å². The van der Waals surface area contributed by atoms with E-state index in [9.17, 15) is 4.79 Å². The molecule has 0 saturated heterocycles. The number of nitriles is 1. The summed E-state index contributed by atoms with van der Waals surface area (Å²) >= 11 is 0. The maximum Gasteiger partial charge on any atom is 0.224 e. The lowest BCUT2D eigenvalue weighted by Gasteiger charge is -2.13. The number of carbonyl (C=O) groups is 1. The second-order valence-electron chi connectivity index (χ2n) is 4.30. The Hall–Kier alpha value is -1.86. The zero-order valence-electron chi connectivity index (χ0n) is 10.6. The predicted molar refractivity (Wildman–Crippen MR) is 71.9 cm³/mol. The third kappa shape index (κ3) is 4.19. The van der Waals surface area contributed by atoms with Crippen molar-refractivity contribution < 1.29 is 4.79 Å². The van der Waals surface area contributed by atoms with Gasteiger partial charge >= 0.3 is 0 Å². The highest BCUT2D eigenvalue weighted by atomic mass is 16.1. The quantitative estimate of drug-likeness (QED) is 0.806. The first kappa shape index (κ1) is 14.2. The molecule has 0 saturated carbocycles. The van der Waals surface area contributed by atoms with Crippen molar-refractivity contribution >= 4 is 11.6 Å². The number of nitrogens with two attached hydrogens (primary N) is 1. The van der Waals surface area contributed by atoms with Gasteiger partial charge in [0, 0.05) is 6.42 Å². The van der Waals surface area contributed by atoms with Gasteiger partial charge in [0.2, 0.25) is 5.91 Å². The van der Waals surface area contributed by atoms with Crippen LogP contribution in [0.2, 0.25) is 0 Å². The fourth-order valence-corrected chi connectivity index (χ4v) is 1.86. The van der Waals surface area contributed by atoms with Crippen LogP contribution in [-0.4, -0.2) is 12.5 Å². The molecule has 0 radical (unpaired) electrons. The second-order valence-corrected chi connectivity index (χ2v) is 4.30. The molecular formula is C14H19N3O. The summed E-state index contributed by atoms with van der Waals surface area (Å²) in [6.45, 7) is 2.59. The van der Waals surface area contributed by atoms with E-state index in [0.29, 0.717) is 24.2 Å². The molecule has 0 spiro atoms. The number of anilines is 1. The van der Waals surface area contributed by atoms with Crippen LogP contribution in [0.4, 0.5) is 5.69 Å². The summed E-state index contributed by atoms with van der Waals surface area (Å²) < 4.78 is 0. The van der Waals surface area contributed by atoms with Crippen LogP contribution in [0.25, 0.3) is 0 Å². The lowest BCUT2D eigenvalue weighted by molar-refractivity contribution is -0.117. The largest absolute Gasteiger partial charge is 0.330 e. The van der Waals surface area contributed by atoms with Gasteiger partial charge in [0.15, 0.2) is 0 Å². The van der Waals surface area contributed by atoms with Crippen LogP contribution in [0.5, 0.6) is 0 Å². The Bertz CT molecular complexity index is 437. The van der Waals surface area contributed by atoms with E-state index in [1.165, 1.54) is 0 Å². The van der Waals surface area contributed by atoms with Crippen molar-refractivity contribution in [1.82, 2.24) is 0 Å². The van der Waals surface area contributed by atoms with Crippen LogP contribution in [0, 0.1) is 17.2 Å². The van der Waals surface area contributed by atoms with Crippen LogP contribution in [0.3, 0.4) is 0 Å². The van der Waals surface area contributed by atoms with E-state index < -0.39 is 0 Å². The first-order chi connectivity index (χ1) is 8.71. The van der Waals surface area contributed by atoms with E-state index >= 15 is 0 Å². The number of nitrogens with one attached hydrogen (secondary N) is 1. The number of hydrogen-bond acceptors (Lipinski definition) is 3. The van der Waals surface area contributed by atoms with Crippen LogP contribution in [0.15, 0.2) is 24.3 Å². The van der Waals surface area contributed by atoms with Crippen molar-refractivity contribution in [2.75, 3.05) is 11.9 Å². The van der Waals surface area contributed by atoms with Crippen LogP contribution >= 0.6 is 0 Å². The summed E-state index contributed by atoms with van der Waals surface area (Å²) in [7, 11) is 0. The standard InChI is InChI=1S/C14H19N3O/c1-2-5-11(9-15)8-14(18)17-13-7-4-3-6-12(13)10-16/h3-4,6-7,11H,2,5,8-9,15H2,1H3,(H,17,18). The molecule has 96 valence electrons. The minimum Gasteiger partial charge on any atom is -0.330 e. The molecular weight excluding hydrogens is 226 g/mol. The highest BCUT2D eigenvalue weighted by molar-refractivity contribution is 5.92. The van der Waals surface area contributed by atoms with Crippen molar-refractivity contribution in [3.8, 4) is 6.07 Å². The highest BCUT2D eigenvalue weighted by Crippen LogP contribution is 2.16. The number of nitrogens with zero attached hydrogens (tertiary/aromatic N) is 1. The minimum atomic E-state index is -0.0819. The van der Waals surface area contributed by atoms with Crippen molar-refractivity contribution in [3.05, 3.63) is 29.8 Å². The Morgan fingerprint density at radius 3 is 2.83 bits per heavy atom. The topological polar surface area (TPSA) is 78.9 Å². The van der Waals surface area contributed by atoms with Gasteiger partial charge in [-0.25, -0.2) is 0 Å². The summed E-state index contributed by atoms with van der Waals surface area (Å²) in [6, 6.07) is 9.03.